The molecule has 0 aliphatic carbocycles. The van der Waals surface area contributed by atoms with Crippen LogP contribution in [0.25, 0.3) is 11.1 Å². The van der Waals surface area contributed by atoms with Crippen molar-refractivity contribution in [1.82, 2.24) is 4.90 Å². The largest absolute Gasteiger partial charge is 0.497 e. The smallest absolute Gasteiger partial charge is 0.204 e. The van der Waals surface area contributed by atoms with Crippen LogP contribution in [0.3, 0.4) is 0 Å². The van der Waals surface area contributed by atoms with Crippen LogP contribution in [0.1, 0.15) is 25.0 Å². The van der Waals surface area contributed by atoms with E-state index in [1.165, 1.54) is 5.56 Å². The van der Waals surface area contributed by atoms with Gasteiger partial charge in [0.15, 0.2) is 11.5 Å². The number of nitrogens with zero attached hydrogens (tertiary/aromatic N) is 1. The maximum absolute atomic E-state index is 5.74. The first-order valence-electron chi connectivity index (χ1n) is 9.23. The Labute approximate surface area is 162 Å². The van der Waals surface area contributed by atoms with Crippen molar-refractivity contribution in [2.45, 2.75) is 27.3 Å². The molecule has 5 heteroatoms. The van der Waals surface area contributed by atoms with E-state index in [1.54, 1.807) is 28.4 Å². The summed E-state index contributed by atoms with van der Waals surface area (Å²) in [6.07, 6.45) is 0. The summed E-state index contributed by atoms with van der Waals surface area (Å²) in [5.41, 5.74) is 4.26. The van der Waals surface area contributed by atoms with Crippen molar-refractivity contribution in [2.75, 3.05) is 41.5 Å². The van der Waals surface area contributed by atoms with Crippen LogP contribution in [0.2, 0.25) is 0 Å². The van der Waals surface area contributed by atoms with Crippen LogP contribution in [0.15, 0.2) is 24.3 Å². The minimum atomic E-state index is 0.611. The molecule has 2 aromatic rings. The zero-order valence-corrected chi connectivity index (χ0v) is 17.5. The highest BCUT2D eigenvalue weighted by molar-refractivity contribution is 5.80. The molecule has 0 saturated carbocycles. The molecular formula is C22H31NO4. The van der Waals surface area contributed by atoms with E-state index >= 15 is 0 Å². The van der Waals surface area contributed by atoms with Crippen molar-refractivity contribution in [2.24, 2.45) is 0 Å². The molecule has 0 bridgehead atoms. The van der Waals surface area contributed by atoms with Crippen molar-refractivity contribution in [3.05, 3.63) is 35.4 Å². The summed E-state index contributed by atoms with van der Waals surface area (Å²) in [5, 5.41) is 0. The van der Waals surface area contributed by atoms with Crippen molar-refractivity contribution in [3.8, 4) is 34.1 Å². The number of hydrogen-bond donors (Lipinski definition) is 0. The van der Waals surface area contributed by atoms with Crippen LogP contribution in [0.5, 0.6) is 23.0 Å². The van der Waals surface area contributed by atoms with Crippen LogP contribution in [-0.2, 0) is 6.54 Å². The minimum Gasteiger partial charge on any atom is -0.497 e. The van der Waals surface area contributed by atoms with Gasteiger partial charge in [-0.1, -0.05) is 19.9 Å². The summed E-state index contributed by atoms with van der Waals surface area (Å²) in [6.45, 7) is 9.15. The van der Waals surface area contributed by atoms with Crippen LogP contribution >= 0.6 is 0 Å². The summed E-state index contributed by atoms with van der Waals surface area (Å²) in [7, 11) is 6.62. The van der Waals surface area contributed by atoms with Gasteiger partial charge in [-0.3, -0.25) is 4.90 Å². The second kappa shape index (κ2) is 9.51. The summed E-state index contributed by atoms with van der Waals surface area (Å²) < 4.78 is 22.4. The number of benzene rings is 2. The Morgan fingerprint density at radius 3 is 1.89 bits per heavy atom. The number of rotatable bonds is 9. The van der Waals surface area contributed by atoms with Crippen molar-refractivity contribution in [1.29, 1.82) is 0 Å². The molecule has 0 spiro atoms. The zero-order valence-electron chi connectivity index (χ0n) is 17.5. The molecule has 148 valence electrons. The predicted molar refractivity (Wildman–Crippen MR) is 109 cm³/mol. The Kier molecular flexibility index (Phi) is 7.36. The third kappa shape index (κ3) is 4.30. The molecule has 0 atom stereocenters. The van der Waals surface area contributed by atoms with Gasteiger partial charge < -0.3 is 18.9 Å². The molecule has 0 N–H and O–H groups in total. The third-order valence-corrected chi connectivity index (χ3v) is 4.88. The Morgan fingerprint density at radius 1 is 0.741 bits per heavy atom. The van der Waals surface area contributed by atoms with Crippen LogP contribution in [0, 0.1) is 6.92 Å². The van der Waals surface area contributed by atoms with Gasteiger partial charge in [0.1, 0.15) is 5.75 Å². The van der Waals surface area contributed by atoms with Crippen molar-refractivity contribution >= 4 is 0 Å². The van der Waals surface area contributed by atoms with Gasteiger partial charge in [0.2, 0.25) is 5.75 Å². The van der Waals surface area contributed by atoms with E-state index in [4.69, 9.17) is 18.9 Å². The van der Waals surface area contributed by atoms with Gasteiger partial charge in [0.25, 0.3) is 0 Å². The van der Waals surface area contributed by atoms with Crippen LogP contribution in [0.4, 0.5) is 0 Å². The SMILES string of the molecule is CCN(CC)Cc1cc(OC)ccc1-c1cc(C)c(OC)c(OC)c1OC. The molecule has 0 amide bonds. The standard InChI is InChI=1S/C22H31NO4/c1-8-23(9-2)14-16-13-17(24-4)10-11-18(16)19-12-15(3)20(25-5)22(27-7)21(19)26-6/h10-13H,8-9,14H2,1-7H3. The fourth-order valence-electron chi connectivity index (χ4n) is 3.37. The van der Waals surface area contributed by atoms with Gasteiger partial charge in [-0.15, -0.1) is 0 Å². The summed E-state index contributed by atoms with van der Waals surface area (Å²) in [4.78, 5) is 2.37. The fourth-order valence-corrected chi connectivity index (χ4v) is 3.37. The molecule has 5 nitrogen and oxygen atoms in total. The lowest BCUT2D eigenvalue weighted by atomic mass is 9.95. The maximum Gasteiger partial charge on any atom is 0.204 e. The highest BCUT2D eigenvalue weighted by Gasteiger charge is 2.22. The van der Waals surface area contributed by atoms with E-state index in [-0.39, 0.29) is 0 Å². The first-order valence-corrected chi connectivity index (χ1v) is 9.23. The molecular weight excluding hydrogens is 342 g/mol. The quantitative estimate of drug-likeness (QED) is 0.645. The normalized spacial score (nSPS) is 10.8. The van der Waals surface area contributed by atoms with Crippen LogP contribution in [-0.4, -0.2) is 46.4 Å². The molecule has 27 heavy (non-hydrogen) atoms. The van der Waals surface area contributed by atoms with Crippen LogP contribution < -0.4 is 18.9 Å². The van der Waals surface area contributed by atoms with Gasteiger partial charge in [0.05, 0.1) is 28.4 Å². The molecule has 2 rings (SSSR count). The fraction of sp³-hybridized carbons (Fsp3) is 0.455. The Hall–Kier alpha value is -2.40. The highest BCUT2D eigenvalue weighted by Crippen LogP contribution is 2.47. The van der Waals surface area contributed by atoms with E-state index in [0.717, 1.165) is 42.1 Å². The molecule has 0 radical (unpaired) electrons. The molecule has 2 aromatic carbocycles. The lowest BCUT2D eigenvalue weighted by molar-refractivity contribution is 0.295. The number of methoxy groups -OCH3 is 4. The molecule has 0 saturated heterocycles. The molecule has 0 aliphatic rings. The van der Waals surface area contributed by atoms with E-state index in [9.17, 15) is 0 Å². The zero-order chi connectivity index (χ0) is 20.0. The second-order valence-electron chi connectivity index (χ2n) is 6.33. The first kappa shape index (κ1) is 20.9. The van der Waals surface area contributed by atoms with Gasteiger partial charge in [-0.2, -0.15) is 0 Å². The van der Waals surface area contributed by atoms with Gasteiger partial charge >= 0.3 is 0 Å². The Bertz CT molecular complexity index is 769. The predicted octanol–water partition coefficient (Wildman–Crippen LogP) is 4.54. The molecule has 0 unspecified atom stereocenters. The van der Waals surface area contributed by atoms with Gasteiger partial charge in [-0.25, -0.2) is 0 Å². The van der Waals surface area contributed by atoms with Crippen molar-refractivity contribution < 1.29 is 18.9 Å². The monoisotopic (exact) mass is 373 g/mol. The van der Waals surface area contributed by atoms with E-state index in [1.807, 2.05) is 13.0 Å². The average molecular weight is 373 g/mol. The lowest BCUT2D eigenvalue weighted by Crippen LogP contribution is -2.22. The summed E-state index contributed by atoms with van der Waals surface area (Å²) >= 11 is 0. The molecule has 0 aliphatic heterocycles. The number of ether oxygens (including phenoxy) is 4. The first-order chi connectivity index (χ1) is 13.0. The van der Waals surface area contributed by atoms with E-state index in [2.05, 4.69) is 36.9 Å². The van der Waals surface area contributed by atoms with Gasteiger partial charge in [0, 0.05) is 12.1 Å². The molecule has 0 aromatic heterocycles. The van der Waals surface area contributed by atoms with Crippen molar-refractivity contribution in [3.63, 3.8) is 0 Å². The third-order valence-electron chi connectivity index (χ3n) is 4.88. The number of hydrogen-bond acceptors (Lipinski definition) is 5. The number of aryl methyl sites for hydroxylation is 1. The average Bonchev–Trinajstić information content (AvgIpc) is 2.70. The Balaban J connectivity index is 2.71. The highest BCUT2D eigenvalue weighted by atomic mass is 16.5. The lowest BCUT2D eigenvalue weighted by Gasteiger charge is -2.23. The topological polar surface area (TPSA) is 40.2 Å². The van der Waals surface area contributed by atoms with E-state index in [0.29, 0.717) is 17.2 Å². The minimum absolute atomic E-state index is 0.611. The summed E-state index contributed by atoms with van der Waals surface area (Å²) in [6, 6.07) is 8.25. The summed E-state index contributed by atoms with van der Waals surface area (Å²) in [5.74, 6) is 2.82. The molecule has 0 heterocycles. The Morgan fingerprint density at radius 2 is 1.37 bits per heavy atom. The van der Waals surface area contributed by atoms with E-state index < -0.39 is 0 Å². The van der Waals surface area contributed by atoms with Gasteiger partial charge in [-0.05, 0) is 54.9 Å². The molecule has 0 fully saturated rings. The maximum atomic E-state index is 5.74. The second-order valence-corrected chi connectivity index (χ2v) is 6.33.